The predicted molar refractivity (Wildman–Crippen MR) is 270 cm³/mol. The van der Waals surface area contributed by atoms with Crippen molar-refractivity contribution in [2.75, 3.05) is 4.90 Å². The highest BCUT2D eigenvalue weighted by molar-refractivity contribution is 7.26. The molecular formula is C60H37NO2S. The minimum atomic E-state index is 0.858. The molecule has 4 heteroatoms. The maximum Gasteiger partial charge on any atom is 0.136 e. The highest BCUT2D eigenvalue weighted by atomic mass is 32.1. The molecule has 300 valence electrons. The Bertz CT molecular complexity index is 3880. The molecule has 0 amide bonds. The Labute approximate surface area is 373 Å². The first-order chi connectivity index (χ1) is 31.7. The molecule has 0 saturated heterocycles. The van der Waals surface area contributed by atoms with E-state index in [0.29, 0.717) is 0 Å². The third kappa shape index (κ3) is 5.81. The van der Waals surface area contributed by atoms with Gasteiger partial charge in [-0.05, 0) is 106 Å². The maximum absolute atomic E-state index is 6.60. The molecular weight excluding hydrogens is 799 g/mol. The lowest BCUT2D eigenvalue weighted by Crippen LogP contribution is -2.10. The molecule has 0 unspecified atom stereocenters. The zero-order chi connectivity index (χ0) is 42.1. The first kappa shape index (κ1) is 36.5. The summed E-state index contributed by atoms with van der Waals surface area (Å²) in [4.78, 5) is 2.41. The topological polar surface area (TPSA) is 29.5 Å². The monoisotopic (exact) mass is 835 g/mol. The van der Waals surface area contributed by atoms with Crippen molar-refractivity contribution in [2.45, 2.75) is 0 Å². The molecule has 0 radical (unpaired) electrons. The molecule has 0 N–H and O–H groups in total. The van der Waals surface area contributed by atoms with Gasteiger partial charge in [0.2, 0.25) is 0 Å². The summed E-state index contributed by atoms with van der Waals surface area (Å²) < 4.78 is 15.6. The summed E-state index contributed by atoms with van der Waals surface area (Å²) >= 11 is 1.85. The van der Waals surface area contributed by atoms with Gasteiger partial charge in [0.05, 0.1) is 10.4 Å². The van der Waals surface area contributed by atoms with E-state index in [2.05, 4.69) is 217 Å². The third-order valence-corrected chi connectivity index (χ3v) is 13.9. The minimum Gasteiger partial charge on any atom is -0.456 e. The molecule has 3 aromatic heterocycles. The fourth-order valence-corrected chi connectivity index (χ4v) is 11.0. The van der Waals surface area contributed by atoms with Gasteiger partial charge in [-0.25, -0.2) is 0 Å². The van der Waals surface area contributed by atoms with E-state index >= 15 is 0 Å². The average Bonchev–Trinajstić information content (AvgIpc) is 4.06. The van der Waals surface area contributed by atoms with Gasteiger partial charge < -0.3 is 13.7 Å². The van der Waals surface area contributed by atoms with Gasteiger partial charge in [0.25, 0.3) is 0 Å². The lowest BCUT2D eigenvalue weighted by Gasteiger charge is -2.26. The number of furan rings is 2. The van der Waals surface area contributed by atoms with Crippen molar-refractivity contribution >= 4 is 92.4 Å². The highest BCUT2D eigenvalue weighted by Gasteiger charge is 2.24. The van der Waals surface area contributed by atoms with E-state index in [1.165, 1.54) is 31.3 Å². The van der Waals surface area contributed by atoms with Crippen LogP contribution in [0.5, 0.6) is 0 Å². The first-order valence-electron chi connectivity index (χ1n) is 21.7. The zero-order valence-corrected chi connectivity index (χ0v) is 35.4. The summed E-state index contributed by atoms with van der Waals surface area (Å²) in [5, 5.41) is 6.95. The number of hydrogen-bond acceptors (Lipinski definition) is 4. The van der Waals surface area contributed by atoms with Crippen LogP contribution in [0.25, 0.3) is 109 Å². The number of anilines is 3. The van der Waals surface area contributed by atoms with Gasteiger partial charge in [-0.1, -0.05) is 152 Å². The zero-order valence-electron chi connectivity index (χ0n) is 34.5. The second-order valence-corrected chi connectivity index (χ2v) is 17.4. The Morgan fingerprint density at radius 3 is 1.36 bits per heavy atom. The van der Waals surface area contributed by atoms with Crippen LogP contribution in [-0.4, -0.2) is 0 Å². The predicted octanol–water partition coefficient (Wildman–Crippen LogP) is 18.0. The van der Waals surface area contributed by atoms with Crippen molar-refractivity contribution in [1.82, 2.24) is 0 Å². The fourth-order valence-electron chi connectivity index (χ4n) is 9.83. The van der Waals surface area contributed by atoms with E-state index in [0.717, 1.165) is 94.3 Å². The lowest BCUT2D eigenvalue weighted by molar-refractivity contribution is 0.668. The van der Waals surface area contributed by atoms with Crippen molar-refractivity contribution in [3.63, 3.8) is 0 Å². The molecule has 0 bridgehead atoms. The van der Waals surface area contributed by atoms with Crippen LogP contribution in [0.3, 0.4) is 0 Å². The molecule has 3 heterocycles. The van der Waals surface area contributed by atoms with E-state index in [1.54, 1.807) is 0 Å². The number of nitrogens with zero attached hydrogens (tertiary/aromatic N) is 1. The lowest BCUT2D eigenvalue weighted by atomic mass is 9.85. The molecule has 0 spiro atoms. The molecule has 3 nitrogen and oxygen atoms in total. The number of para-hydroxylation sites is 2. The molecule has 13 rings (SSSR count). The average molecular weight is 836 g/mol. The quantitative estimate of drug-likeness (QED) is 0.160. The second-order valence-electron chi connectivity index (χ2n) is 16.3. The largest absolute Gasteiger partial charge is 0.456 e. The van der Waals surface area contributed by atoms with Crippen LogP contribution >= 0.6 is 11.3 Å². The Balaban J connectivity index is 1.04. The molecule has 13 aromatic rings. The Hall–Kier alpha value is -8.18. The maximum atomic E-state index is 6.60. The van der Waals surface area contributed by atoms with Crippen molar-refractivity contribution < 1.29 is 8.83 Å². The summed E-state index contributed by atoms with van der Waals surface area (Å²) in [5.74, 6) is 0. The Morgan fingerprint density at radius 2 is 0.766 bits per heavy atom. The van der Waals surface area contributed by atoms with Crippen LogP contribution in [-0.2, 0) is 0 Å². The van der Waals surface area contributed by atoms with Gasteiger partial charge in [-0.15, -0.1) is 11.3 Å². The number of fused-ring (bicyclic) bond motifs is 9. The van der Waals surface area contributed by atoms with E-state index in [9.17, 15) is 0 Å². The molecule has 0 atom stereocenters. The minimum absolute atomic E-state index is 0.858. The van der Waals surface area contributed by atoms with E-state index in [-0.39, 0.29) is 0 Å². The molecule has 0 aliphatic heterocycles. The Kier molecular flexibility index (Phi) is 8.40. The molecule has 0 aliphatic carbocycles. The Morgan fingerprint density at radius 1 is 0.312 bits per heavy atom. The summed E-state index contributed by atoms with van der Waals surface area (Å²) in [6.45, 7) is 0. The van der Waals surface area contributed by atoms with Gasteiger partial charge in [0.1, 0.15) is 22.3 Å². The standard InChI is InChI=1S/C60H37NO2S/c1-3-14-38(15-4-1)39-26-30-42(31-27-39)61(50-22-13-21-47-44-18-9-12-25-55(44)64-60(47)50)43-32-28-41(29-33-43)57-46(35-37-54-59(57)49-20-8-11-24-52(49)63-54)45-34-36-53-58(48-19-7-10-23-51(48)62-53)56(45)40-16-5-2-6-17-40/h1-37H. The van der Waals surface area contributed by atoms with Crippen LogP contribution in [0.1, 0.15) is 0 Å². The van der Waals surface area contributed by atoms with Gasteiger partial charge in [-0.3, -0.25) is 0 Å². The van der Waals surface area contributed by atoms with Gasteiger partial charge in [0.15, 0.2) is 0 Å². The molecule has 10 aromatic carbocycles. The molecule has 0 saturated carbocycles. The van der Waals surface area contributed by atoms with Gasteiger partial charge in [-0.2, -0.15) is 0 Å². The van der Waals surface area contributed by atoms with Gasteiger partial charge >= 0.3 is 0 Å². The number of benzene rings is 10. The molecule has 0 aliphatic rings. The van der Waals surface area contributed by atoms with Crippen LogP contribution in [0.4, 0.5) is 17.1 Å². The van der Waals surface area contributed by atoms with Crippen LogP contribution < -0.4 is 4.90 Å². The summed E-state index contributed by atoms with van der Waals surface area (Å²) in [5.41, 5.74) is 15.9. The van der Waals surface area contributed by atoms with Crippen LogP contribution in [0, 0.1) is 0 Å². The van der Waals surface area contributed by atoms with E-state index < -0.39 is 0 Å². The van der Waals surface area contributed by atoms with Crippen molar-refractivity contribution in [3.8, 4) is 44.5 Å². The third-order valence-electron chi connectivity index (χ3n) is 12.7. The van der Waals surface area contributed by atoms with Crippen LogP contribution in [0.2, 0.25) is 0 Å². The molecule has 64 heavy (non-hydrogen) atoms. The number of rotatable bonds is 7. The van der Waals surface area contributed by atoms with Crippen molar-refractivity contribution in [2.24, 2.45) is 0 Å². The van der Waals surface area contributed by atoms with E-state index in [1.807, 2.05) is 23.5 Å². The normalized spacial score (nSPS) is 11.8. The van der Waals surface area contributed by atoms with Crippen molar-refractivity contribution in [3.05, 3.63) is 224 Å². The fraction of sp³-hybridized carbons (Fsp3) is 0. The van der Waals surface area contributed by atoms with Crippen molar-refractivity contribution in [1.29, 1.82) is 0 Å². The number of thiophene rings is 1. The summed E-state index contributed by atoms with van der Waals surface area (Å²) in [6.07, 6.45) is 0. The van der Waals surface area contributed by atoms with Crippen LogP contribution in [0.15, 0.2) is 233 Å². The van der Waals surface area contributed by atoms with E-state index in [4.69, 9.17) is 8.83 Å². The van der Waals surface area contributed by atoms with Gasteiger partial charge in [0, 0.05) is 59.5 Å². The second kappa shape index (κ2) is 14.7. The smallest absolute Gasteiger partial charge is 0.136 e. The summed E-state index contributed by atoms with van der Waals surface area (Å²) in [7, 11) is 0. The highest BCUT2D eigenvalue weighted by Crippen LogP contribution is 2.50. The molecule has 0 fully saturated rings. The SMILES string of the molecule is c1ccc(-c2ccc(N(c3ccc(-c4c(-c5ccc6oc7ccccc7c6c5-c5ccccc5)ccc5oc6ccccc6c45)cc3)c3cccc4c3sc3ccccc34)cc2)cc1. The summed E-state index contributed by atoms with van der Waals surface area (Å²) in [6, 6.07) is 80.4. The first-order valence-corrected chi connectivity index (χ1v) is 22.5. The number of hydrogen-bond donors (Lipinski definition) is 0.